The first-order valence-electron chi connectivity index (χ1n) is 5.73. The zero-order valence-corrected chi connectivity index (χ0v) is 10.9. The molecular weight excluding hydrogens is 268 g/mol. The van der Waals surface area contributed by atoms with Gasteiger partial charge in [0.15, 0.2) is 9.84 Å². The maximum Gasteiger partial charge on any atom is 0.199 e. The van der Waals surface area contributed by atoms with Gasteiger partial charge in [-0.1, -0.05) is 41.9 Å². The molecule has 0 fully saturated rings. The fraction of sp³-hybridized carbons (Fsp3) is 0. The summed E-state index contributed by atoms with van der Waals surface area (Å²) in [6.45, 7) is 0. The molecule has 0 saturated carbocycles. The van der Waals surface area contributed by atoms with E-state index in [0.717, 1.165) is 5.41 Å². The van der Waals surface area contributed by atoms with Crippen molar-refractivity contribution in [1.82, 2.24) is 0 Å². The number of sulfone groups is 1. The number of rotatable bonds is 3. The second kappa shape index (κ2) is 5.38. The Morgan fingerprint density at radius 3 is 2.22 bits per heavy atom. The van der Waals surface area contributed by atoms with Gasteiger partial charge in [-0.2, -0.15) is 0 Å². The lowest BCUT2D eigenvalue weighted by molar-refractivity contribution is 0.605. The molecular formula is C14H11ClO2S. The van der Waals surface area contributed by atoms with Crippen molar-refractivity contribution in [2.24, 2.45) is 0 Å². The molecule has 0 radical (unpaired) electrons. The van der Waals surface area contributed by atoms with E-state index in [1.807, 2.05) is 0 Å². The molecule has 0 aromatic heterocycles. The van der Waals surface area contributed by atoms with Crippen LogP contribution in [0.15, 0.2) is 64.9 Å². The van der Waals surface area contributed by atoms with Crippen LogP contribution in [0.3, 0.4) is 0 Å². The summed E-state index contributed by atoms with van der Waals surface area (Å²) in [7, 11) is -3.60. The molecule has 0 unspecified atom stereocenters. The molecule has 0 bridgehead atoms. The minimum atomic E-state index is -3.60. The zero-order chi connectivity index (χ0) is 13.9. The third-order valence-corrected chi connectivity index (χ3v) is 3.91. The first-order chi connectivity index (χ1) is 8.99. The highest BCUT2D eigenvalue weighted by molar-refractivity contribution is 7.94. The number of benzene rings is 2. The van der Waals surface area contributed by atoms with Gasteiger partial charge in [0.2, 0.25) is 0 Å². The second-order valence-corrected chi connectivity index (χ2v) is 5.86. The van der Waals surface area contributed by atoms with Gasteiger partial charge in [-0.15, -0.1) is 0 Å². The quantitative estimate of drug-likeness (QED) is 0.857. The van der Waals surface area contributed by atoms with Crippen LogP contribution in [0.4, 0.5) is 0 Å². The van der Waals surface area contributed by atoms with Crippen molar-refractivity contribution in [3.8, 4) is 0 Å². The SMILES string of the molecule is [2H]/C(=C\S(=O)(=O)c1ccccc1)c1ccc(Cl)cc1. The summed E-state index contributed by atoms with van der Waals surface area (Å²) in [5.74, 6) is 0. The van der Waals surface area contributed by atoms with E-state index in [-0.39, 0.29) is 10.9 Å². The van der Waals surface area contributed by atoms with Crippen molar-refractivity contribution in [1.29, 1.82) is 0 Å². The standard InChI is InChI=1S/C14H11ClO2S/c15-13-8-6-12(7-9-13)10-11-18(16,17)14-4-2-1-3-5-14/h1-11H/b11-10+/i10D. The third-order valence-electron chi connectivity index (χ3n) is 2.30. The van der Waals surface area contributed by atoms with Crippen molar-refractivity contribution < 1.29 is 9.79 Å². The predicted molar refractivity (Wildman–Crippen MR) is 74.1 cm³/mol. The van der Waals surface area contributed by atoms with Crippen LogP contribution in [0.2, 0.25) is 5.02 Å². The molecule has 0 aliphatic rings. The lowest BCUT2D eigenvalue weighted by atomic mass is 10.2. The summed E-state index contributed by atoms with van der Waals surface area (Å²) in [6, 6.07) is 14.4. The van der Waals surface area contributed by atoms with E-state index in [9.17, 15) is 8.42 Å². The Balaban J connectivity index is 2.38. The second-order valence-electron chi connectivity index (χ2n) is 3.63. The van der Waals surface area contributed by atoms with Crippen LogP contribution >= 0.6 is 11.6 Å². The average Bonchev–Trinajstić information content (AvgIpc) is 2.40. The number of hydrogen-bond acceptors (Lipinski definition) is 2. The van der Waals surface area contributed by atoms with Crippen molar-refractivity contribution in [2.75, 3.05) is 0 Å². The normalized spacial score (nSPS) is 13.2. The van der Waals surface area contributed by atoms with Crippen LogP contribution in [0.25, 0.3) is 6.05 Å². The Morgan fingerprint density at radius 1 is 1.00 bits per heavy atom. The Labute approximate surface area is 113 Å². The summed E-state index contributed by atoms with van der Waals surface area (Å²) >= 11 is 5.75. The van der Waals surface area contributed by atoms with Crippen LogP contribution in [-0.2, 0) is 9.84 Å². The number of halogens is 1. The van der Waals surface area contributed by atoms with Gasteiger partial charge in [0, 0.05) is 10.4 Å². The van der Waals surface area contributed by atoms with Gasteiger partial charge in [-0.25, -0.2) is 8.42 Å². The monoisotopic (exact) mass is 279 g/mol. The lowest BCUT2D eigenvalue weighted by Gasteiger charge is -1.98. The molecule has 2 rings (SSSR count). The first-order valence-corrected chi connectivity index (χ1v) is 7.16. The molecule has 4 heteroatoms. The summed E-state index contributed by atoms with van der Waals surface area (Å²) in [4.78, 5) is 0.175. The van der Waals surface area contributed by atoms with E-state index in [4.69, 9.17) is 13.0 Å². The average molecular weight is 280 g/mol. The van der Waals surface area contributed by atoms with Gasteiger partial charge in [0.1, 0.15) is 0 Å². The van der Waals surface area contributed by atoms with Crippen LogP contribution in [0, 0.1) is 0 Å². The van der Waals surface area contributed by atoms with Crippen LogP contribution in [-0.4, -0.2) is 8.42 Å². The predicted octanol–water partition coefficient (Wildman–Crippen LogP) is 3.78. The van der Waals surface area contributed by atoms with E-state index in [0.29, 0.717) is 10.6 Å². The highest BCUT2D eigenvalue weighted by Crippen LogP contribution is 2.15. The maximum atomic E-state index is 12.1. The highest BCUT2D eigenvalue weighted by atomic mass is 35.5. The van der Waals surface area contributed by atoms with Gasteiger partial charge < -0.3 is 0 Å². The molecule has 0 heterocycles. The van der Waals surface area contributed by atoms with Gasteiger partial charge in [-0.05, 0) is 35.9 Å². The van der Waals surface area contributed by atoms with Crippen LogP contribution in [0.1, 0.15) is 6.93 Å². The van der Waals surface area contributed by atoms with Crippen molar-refractivity contribution in [3.63, 3.8) is 0 Å². The smallest absolute Gasteiger partial charge is 0.199 e. The molecule has 18 heavy (non-hydrogen) atoms. The highest BCUT2D eigenvalue weighted by Gasteiger charge is 2.08. The molecule has 0 atom stereocenters. The molecule has 0 spiro atoms. The fourth-order valence-electron chi connectivity index (χ4n) is 1.37. The molecule has 92 valence electrons. The van der Waals surface area contributed by atoms with Gasteiger partial charge in [0.05, 0.1) is 6.27 Å². The Bertz CT molecular complexity index is 692. The molecule has 2 aromatic carbocycles. The van der Waals surface area contributed by atoms with Crippen LogP contribution < -0.4 is 0 Å². The lowest BCUT2D eigenvalue weighted by Crippen LogP contribution is -1.95. The molecule has 0 amide bonds. The first kappa shape index (κ1) is 11.5. The minimum absolute atomic E-state index is 0.0690. The molecule has 0 saturated heterocycles. The summed E-state index contributed by atoms with van der Waals surface area (Å²) in [6.07, 6.45) is 0. The van der Waals surface area contributed by atoms with E-state index >= 15 is 0 Å². The largest absolute Gasteiger partial charge is 0.219 e. The Hall–Kier alpha value is -1.58. The summed E-state index contributed by atoms with van der Waals surface area (Å²) in [5.41, 5.74) is 0.504. The number of hydrogen-bond donors (Lipinski definition) is 0. The van der Waals surface area contributed by atoms with Gasteiger partial charge in [-0.3, -0.25) is 0 Å². The topological polar surface area (TPSA) is 34.1 Å². The Morgan fingerprint density at radius 2 is 1.61 bits per heavy atom. The zero-order valence-electron chi connectivity index (χ0n) is 10.4. The van der Waals surface area contributed by atoms with Crippen LogP contribution in [0.5, 0.6) is 0 Å². The Kier molecular flexibility index (Phi) is 3.44. The molecule has 2 nitrogen and oxygen atoms in total. The summed E-state index contributed by atoms with van der Waals surface area (Å²) < 4.78 is 31.9. The molecule has 0 aliphatic heterocycles. The fourth-order valence-corrected chi connectivity index (χ4v) is 2.46. The van der Waals surface area contributed by atoms with Crippen molar-refractivity contribution in [3.05, 3.63) is 70.6 Å². The summed E-state index contributed by atoms with van der Waals surface area (Å²) in [5, 5.41) is 1.49. The van der Waals surface area contributed by atoms with E-state index < -0.39 is 9.84 Å². The van der Waals surface area contributed by atoms with E-state index in [1.54, 1.807) is 42.5 Å². The molecule has 0 aliphatic carbocycles. The van der Waals surface area contributed by atoms with E-state index in [1.165, 1.54) is 12.1 Å². The maximum absolute atomic E-state index is 12.1. The van der Waals surface area contributed by atoms with Crippen molar-refractivity contribution in [2.45, 2.75) is 4.90 Å². The van der Waals surface area contributed by atoms with E-state index in [2.05, 4.69) is 0 Å². The third kappa shape index (κ3) is 3.22. The van der Waals surface area contributed by atoms with Gasteiger partial charge >= 0.3 is 0 Å². The van der Waals surface area contributed by atoms with Crippen molar-refractivity contribution >= 4 is 27.5 Å². The minimum Gasteiger partial charge on any atom is -0.219 e. The molecule has 0 N–H and O–H groups in total. The molecule has 2 aromatic rings. The van der Waals surface area contributed by atoms with Gasteiger partial charge in [0.25, 0.3) is 0 Å².